The van der Waals surface area contributed by atoms with Crippen LogP contribution in [0.5, 0.6) is 5.75 Å². The summed E-state index contributed by atoms with van der Waals surface area (Å²) in [5.74, 6) is -0.452. The molecule has 1 aliphatic heterocycles. The number of piperidine rings is 1. The fourth-order valence-electron chi connectivity index (χ4n) is 5.01. The van der Waals surface area contributed by atoms with E-state index in [1.165, 1.54) is 0 Å². The number of carbonyl (C=O) groups excluding carboxylic acids is 4. The molecule has 0 spiro atoms. The zero-order valence-electron chi connectivity index (χ0n) is 25.2. The monoisotopic (exact) mass is 591 g/mol. The average Bonchev–Trinajstić information content (AvgIpc) is 3.38. The van der Waals surface area contributed by atoms with E-state index in [9.17, 15) is 19.2 Å². The van der Waals surface area contributed by atoms with E-state index in [0.29, 0.717) is 50.4 Å². The van der Waals surface area contributed by atoms with Crippen LogP contribution in [-0.4, -0.2) is 71.6 Å². The molecule has 11 nitrogen and oxygen atoms in total. The summed E-state index contributed by atoms with van der Waals surface area (Å²) in [4.78, 5) is 56.3. The molecule has 1 fully saturated rings. The van der Waals surface area contributed by atoms with Crippen molar-refractivity contribution in [1.82, 2.24) is 20.5 Å². The smallest absolute Gasteiger partial charge is 0.408 e. The molecule has 4 rings (SSSR count). The number of anilines is 1. The molecule has 2 aromatic carbocycles. The quantitative estimate of drug-likeness (QED) is 0.281. The van der Waals surface area contributed by atoms with Gasteiger partial charge in [0.05, 0.1) is 6.61 Å². The molecular weight excluding hydrogens is 550 g/mol. The normalized spacial score (nSPS) is 14.6. The Morgan fingerprint density at radius 1 is 1.02 bits per heavy atom. The minimum Gasteiger partial charge on any atom is -0.494 e. The van der Waals surface area contributed by atoms with Crippen LogP contribution in [0.25, 0.3) is 10.9 Å². The van der Waals surface area contributed by atoms with E-state index in [4.69, 9.17) is 9.47 Å². The second-order valence-electron chi connectivity index (χ2n) is 11.6. The summed E-state index contributed by atoms with van der Waals surface area (Å²) in [6.45, 7) is 8.26. The van der Waals surface area contributed by atoms with Gasteiger partial charge in [-0.3, -0.25) is 14.4 Å². The van der Waals surface area contributed by atoms with Crippen molar-refractivity contribution in [1.29, 1.82) is 0 Å². The van der Waals surface area contributed by atoms with E-state index in [-0.39, 0.29) is 30.2 Å². The highest BCUT2D eigenvalue weighted by molar-refractivity contribution is 5.98. The lowest BCUT2D eigenvalue weighted by Gasteiger charge is -2.32. The van der Waals surface area contributed by atoms with E-state index in [1.807, 2.05) is 37.4 Å². The predicted octanol–water partition coefficient (Wildman–Crippen LogP) is 4.00. The van der Waals surface area contributed by atoms with Crippen LogP contribution in [0.4, 0.5) is 10.5 Å². The molecule has 230 valence electrons. The summed E-state index contributed by atoms with van der Waals surface area (Å²) < 4.78 is 10.7. The number of hydrogen-bond donors (Lipinski definition) is 4. The third-order valence-electron chi connectivity index (χ3n) is 7.17. The summed E-state index contributed by atoms with van der Waals surface area (Å²) in [6.07, 6.45) is 2.41. The van der Waals surface area contributed by atoms with Gasteiger partial charge >= 0.3 is 6.09 Å². The van der Waals surface area contributed by atoms with Gasteiger partial charge < -0.3 is 35.3 Å². The van der Waals surface area contributed by atoms with Crippen LogP contribution in [0.3, 0.4) is 0 Å². The van der Waals surface area contributed by atoms with Crippen molar-refractivity contribution in [3.63, 3.8) is 0 Å². The first-order valence-corrected chi connectivity index (χ1v) is 14.7. The van der Waals surface area contributed by atoms with Crippen molar-refractivity contribution in [2.24, 2.45) is 5.92 Å². The maximum Gasteiger partial charge on any atom is 0.408 e. The predicted molar refractivity (Wildman–Crippen MR) is 164 cm³/mol. The highest BCUT2D eigenvalue weighted by Crippen LogP contribution is 2.22. The first-order valence-electron chi connectivity index (χ1n) is 14.7. The summed E-state index contributed by atoms with van der Waals surface area (Å²) >= 11 is 0. The number of hydrogen-bond acceptors (Lipinski definition) is 6. The molecule has 0 aliphatic carbocycles. The molecule has 1 aliphatic rings. The number of likely N-dealkylation sites (tertiary alicyclic amines) is 1. The molecule has 11 heteroatoms. The second kappa shape index (κ2) is 14.1. The minimum atomic E-state index is -0.823. The Kier molecular flexibility index (Phi) is 10.3. The summed E-state index contributed by atoms with van der Waals surface area (Å²) in [6, 6.07) is 14.1. The number of aromatic nitrogens is 1. The maximum absolute atomic E-state index is 13.5. The molecule has 3 aromatic rings. The minimum absolute atomic E-state index is 0.176. The number of nitrogens with zero attached hydrogens (tertiary/aromatic N) is 1. The van der Waals surface area contributed by atoms with E-state index in [1.54, 1.807) is 49.9 Å². The summed E-state index contributed by atoms with van der Waals surface area (Å²) in [5.41, 5.74) is 1.81. The Hall–Kier alpha value is -4.54. The van der Waals surface area contributed by atoms with E-state index in [0.717, 1.165) is 16.5 Å². The highest BCUT2D eigenvalue weighted by atomic mass is 16.6. The Morgan fingerprint density at radius 3 is 2.40 bits per heavy atom. The largest absolute Gasteiger partial charge is 0.494 e. The van der Waals surface area contributed by atoms with Gasteiger partial charge in [0.2, 0.25) is 17.7 Å². The molecule has 4 N–H and O–H groups in total. The number of carbonyl (C=O) groups is 4. The first-order chi connectivity index (χ1) is 20.5. The van der Waals surface area contributed by atoms with Crippen LogP contribution in [0, 0.1) is 5.92 Å². The number of nitrogens with one attached hydrogen (secondary N) is 4. The van der Waals surface area contributed by atoms with Gasteiger partial charge in [0.25, 0.3) is 0 Å². The van der Waals surface area contributed by atoms with E-state index >= 15 is 0 Å². The lowest BCUT2D eigenvalue weighted by Crippen LogP contribution is -2.50. The highest BCUT2D eigenvalue weighted by Gasteiger charge is 2.31. The van der Waals surface area contributed by atoms with Crippen molar-refractivity contribution < 1.29 is 28.7 Å². The lowest BCUT2D eigenvalue weighted by molar-refractivity contribution is -0.135. The summed E-state index contributed by atoms with van der Waals surface area (Å²) in [5, 5.41) is 9.38. The standard InChI is InChI=1S/C32H41N5O6/c1-5-42-24-12-10-23(11-13-24)35-30(40)27(18-22-19-33-26-9-7-6-8-25(22)26)36-29(39)21-14-16-37(17-15-21)28(38)20-34-31(41)43-32(2,3)4/h6-13,19,21,27,33H,5,14-18,20H2,1-4H3,(H,34,41)(H,35,40)(H,36,39)/t27-/m0/s1. The van der Waals surface area contributed by atoms with Crippen LogP contribution in [0.2, 0.25) is 0 Å². The number of ether oxygens (including phenoxy) is 2. The molecule has 1 aromatic heterocycles. The molecule has 43 heavy (non-hydrogen) atoms. The van der Waals surface area contributed by atoms with E-state index < -0.39 is 17.7 Å². The molecule has 0 radical (unpaired) electrons. The number of amides is 4. The van der Waals surface area contributed by atoms with Gasteiger partial charge in [-0.2, -0.15) is 0 Å². The molecule has 4 amide bonds. The number of aromatic amines is 1. The number of rotatable bonds is 10. The SMILES string of the molecule is CCOc1ccc(NC(=O)[C@H](Cc2c[nH]c3ccccc23)NC(=O)C2CCN(C(=O)CNC(=O)OC(C)(C)C)CC2)cc1. The van der Waals surface area contributed by atoms with Gasteiger partial charge in [0.15, 0.2) is 0 Å². The molecule has 0 unspecified atom stereocenters. The van der Waals surface area contributed by atoms with Gasteiger partial charge in [-0.1, -0.05) is 18.2 Å². The fourth-order valence-corrected chi connectivity index (χ4v) is 5.01. The lowest BCUT2D eigenvalue weighted by atomic mass is 9.94. The van der Waals surface area contributed by atoms with Gasteiger partial charge in [-0.25, -0.2) is 4.79 Å². The van der Waals surface area contributed by atoms with Crippen LogP contribution < -0.4 is 20.7 Å². The zero-order valence-corrected chi connectivity index (χ0v) is 25.2. The topological polar surface area (TPSA) is 142 Å². The second-order valence-corrected chi connectivity index (χ2v) is 11.6. The fraction of sp³-hybridized carbons (Fsp3) is 0.438. The van der Waals surface area contributed by atoms with E-state index in [2.05, 4.69) is 20.9 Å². The number of para-hydroxylation sites is 1. The summed E-state index contributed by atoms with van der Waals surface area (Å²) in [7, 11) is 0. The van der Waals surface area contributed by atoms with Gasteiger partial charge in [0.1, 0.15) is 23.9 Å². The molecular formula is C32H41N5O6. The Labute approximate surface area is 251 Å². The van der Waals surface area contributed by atoms with Crippen LogP contribution >= 0.6 is 0 Å². The molecule has 0 bridgehead atoms. The maximum atomic E-state index is 13.5. The average molecular weight is 592 g/mol. The van der Waals surface area contributed by atoms with Gasteiger partial charge in [-0.05, 0) is 76.4 Å². The third kappa shape index (κ3) is 8.97. The first kappa shape index (κ1) is 31.4. The van der Waals surface area contributed by atoms with Crippen molar-refractivity contribution in [2.45, 2.75) is 58.6 Å². The zero-order chi connectivity index (χ0) is 31.0. The van der Waals surface area contributed by atoms with Crippen LogP contribution in [0.15, 0.2) is 54.7 Å². The van der Waals surface area contributed by atoms with Crippen LogP contribution in [0.1, 0.15) is 46.1 Å². The molecule has 1 atom stereocenters. The number of alkyl carbamates (subject to hydrolysis) is 1. The van der Waals surface area contributed by atoms with Crippen molar-refractivity contribution >= 4 is 40.4 Å². The number of H-pyrrole nitrogens is 1. The Bertz CT molecular complexity index is 1420. The number of benzene rings is 2. The van der Waals surface area contributed by atoms with Crippen molar-refractivity contribution in [3.8, 4) is 5.75 Å². The molecule has 0 saturated carbocycles. The number of fused-ring (bicyclic) bond motifs is 1. The van der Waals surface area contributed by atoms with Crippen molar-refractivity contribution in [3.05, 3.63) is 60.3 Å². The Balaban J connectivity index is 1.37. The molecule has 2 heterocycles. The third-order valence-corrected chi connectivity index (χ3v) is 7.17. The van der Waals surface area contributed by atoms with Crippen LogP contribution in [-0.2, 0) is 25.5 Å². The van der Waals surface area contributed by atoms with Crippen molar-refractivity contribution in [2.75, 3.05) is 31.6 Å². The Morgan fingerprint density at radius 2 is 1.72 bits per heavy atom. The molecule has 1 saturated heterocycles. The van der Waals surface area contributed by atoms with Gasteiger partial charge in [0, 0.05) is 48.2 Å². The van der Waals surface area contributed by atoms with Gasteiger partial charge in [-0.15, -0.1) is 0 Å².